The van der Waals surface area contributed by atoms with Crippen molar-refractivity contribution in [1.29, 1.82) is 0 Å². The summed E-state index contributed by atoms with van der Waals surface area (Å²) >= 11 is 1.69. The number of fused-ring (bicyclic) bond motifs is 1. The number of rotatable bonds is 6. The van der Waals surface area contributed by atoms with Gasteiger partial charge in [-0.3, -0.25) is 0 Å². The standard InChI is InChI=1S/C26H35N5OS/c1-30-14-11-21(12-15-30)31(2)20-7-3-18(4-8-20)17-24-28-23-13-16-33-25(23)26(29-24)27-19-5-9-22(32)10-6-19/h3-4,7-8,13,16,19,21-22,32H,5-6,9-12,14-15,17H2,1-2H3,(H,27,28,29). The number of hydrogen-bond acceptors (Lipinski definition) is 7. The lowest BCUT2D eigenvalue weighted by molar-refractivity contribution is 0.126. The Morgan fingerprint density at radius 1 is 1.03 bits per heavy atom. The van der Waals surface area contributed by atoms with Gasteiger partial charge in [-0.15, -0.1) is 11.3 Å². The van der Waals surface area contributed by atoms with Crippen LogP contribution in [0.5, 0.6) is 0 Å². The maximum Gasteiger partial charge on any atom is 0.148 e. The zero-order valence-corrected chi connectivity index (χ0v) is 20.5. The van der Waals surface area contributed by atoms with Gasteiger partial charge in [0.05, 0.1) is 16.3 Å². The first-order valence-corrected chi connectivity index (χ1v) is 13.1. The molecule has 2 N–H and O–H groups in total. The Kier molecular flexibility index (Phi) is 6.81. The van der Waals surface area contributed by atoms with Gasteiger partial charge in [0.25, 0.3) is 0 Å². The van der Waals surface area contributed by atoms with Crippen molar-refractivity contribution in [1.82, 2.24) is 14.9 Å². The fourth-order valence-corrected chi connectivity index (χ4v) is 5.91. The van der Waals surface area contributed by atoms with Crippen LogP contribution in [0.4, 0.5) is 11.5 Å². The monoisotopic (exact) mass is 465 g/mol. The molecule has 0 radical (unpaired) electrons. The van der Waals surface area contributed by atoms with Crippen LogP contribution in [0.3, 0.4) is 0 Å². The highest BCUT2D eigenvalue weighted by atomic mass is 32.1. The topological polar surface area (TPSA) is 64.5 Å². The molecule has 33 heavy (non-hydrogen) atoms. The molecule has 7 heteroatoms. The lowest BCUT2D eigenvalue weighted by Gasteiger charge is -2.36. The number of nitrogens with one attached hydrogen (secondary N) is 1. The SMILES string of the molecule is CN1CCC(N(C)c2ccc(Cc3nc(NC4CCC(O)CC4)c4sccc4n3)cc2)CC1. The van der Waals surface area contributed by atoms with Crippen molar-refractivity contribution in [2.45, 2.75) is 63.1 Å². The second-order valence-electron chi connectivity index (χ2n) is 9.76. The molecule has 0 amide bonds. The van der Waals surface area contributed by atoms with E-state index in [0.29, 0.717) is 12.1 Å². The molecule has 5 rings (SSSR count). The molecular formula is C26H35N5OS. The van der Waals surface area contributed by atoms with Gasteiger partial charge in [0.2, 0.25) is 0 Å². The highest BCUT2D eigenvalue weighted by Crippen LogP contribution is 2.30. The van der Waals surface area contributed by atoms with Gasteiger partial charge in [-0.25, -0.2) is 9.97 Å². The summed E-state index contributed by atoms with van der Waals surface area (Å²) in [6.07, 6.45) is 6.72. The number of nitrogens with zero attached hydrogens (tertiary/aromatic N) is 4. The molecule has 1 aliphatic heterocycles. The van der Waals surface area contributed by atoms with Crippen molar-refractivity contribution in [3.8, 4) is 0 Å². The Morgan fingerprint density at radius 3 is 2.48 bits per heavy atom. The third-order valence-electron chi connectivity index (χ3n) is 7.33. The number of aliphatic hydroxyl groups is 1. The summed E-state index contributed by atoms with van der Waals surface area (Å²) in [5, 5.41) is 15.6. The Bertz CT molecular complexity index is 1050. The summed E-state index contributed by atoms with van der Waals surface area (Å²) in [7, 11) is 4.43. The van der Waals surface area contributed by atoms with Crippen LogP contribution in [0.1, 0.15) is 49.9 Å². The number of piperidine rings is 1. The van der Waals surface area contributed by atoms with Crippen LogP contribution in [0.15, 0.2) is 35.7 Å². The maximum atomic E-state index is 9.82. The molecular weight excluding hydrogens is 430 g/mol. The van der Waals surface area contributed by atoms with E-state index in [4.69, 9.17) is 9.97 Å². The molecule has 0 atom stereocenters. The smallest absolute Gasteiger partial charge is 0.148 e. The minimum atomic E-state index is -0.146. The van der Waals surface area contributed by atoms with E-state index >= 15 is 0 Å². The van der Waals surface area contributed by atoms with E-state index in [0.717, 1.165) is 54.0 Å². The number of thiophene rings is 1. The Balaban J connectivity index is 1.29. The van der Waals surface area contributed by atoms with Gasteiger partial charge in [-0.05, 0) is 87.8 Å². The second kappa shape index (κ2) is 9.95. The summed E-state index contributed by atoms with van der Waals surface area (Å²) in [6.45, 7) is 2.35. The van der Waals surface area contributed by atoms with E-state index in [1.54, 1.807) is 11.3 Å². The first-order chi connectivity index (χ1) is 16.0. The van der Waals surface area contributed by atoms with Crippen LogP contribution in [-0.2, 0) is 6.42 Å². The maximum absolute atomic E-state index is 9.82. The molecule has 1 aliphatic carbocycles. The van der Waals surface area contributed by atoms with E-state index in [1.165, 1.54) is 37.2 Å². The molecule has 1 saturated heterocycles. The fraction of sp³-hybridized carbons (Fsp3) is 0.538. The number of hydrogen-bond donors (Lipinski definition) is 2. The molecule has 2 fully saturated rings. The van der Waals surface area contributed by atoms with Gasteiger partial charge in [-0.2, -0.15) is 0 Å². The molecule has 3 heterocycles. The first-order valence-electron chi connectivity index (χ1n) is 12.2. The number of aromatic nitrogens is 2. The Labute approximate surface area is 200 Å². The number of likely N-dealkylation sites (tertiary alicyclic amines) is 1. The zero-order chi connectivity index (χ0) is 22.8. The van der Waals surface area contributed by atoms with Gasteiger partial charge in [0.15, 0.2) is 0 Å². The van der Waals surface area contributed by atoms with E-state index in [9.17, 15) is 5.11 Å². The summed E-state index contributed by atoms with van der Waals surface area (Å²) in [5.74, 6) is 1.81. The Morgan fingerprint density at radius 2 is 1.76 bits per heavy atom. The van der Waals surface area contributed by atoms with Crippen LogP contribution in [0, 0.1) is 0 Å². The molecule has 0 spiro atoms. The van der Waals surface area contributed by atoms with E-state index in [1.807, 2.05) is 0 Å². The molecule has 2 aliphatic rings. The molecule has 1 aromatic carbocycles. The summed E-state index contributed by atoms with van der Waals surface area (Å²) in [4.78, 5) is 14.6. The van der Waals surface area contributed by atoms with E-state index < -0.39 is 0 Å². The molecule has 1 saturated carbocycles. The van der Waals surface area contributed by atoms with Crippen molar-refractivity contribution >= 4 is 33.1 Å². The van der Waals surface area contributed by atoms with Crippen molar-refractivity contribution in [3.05, 3.63) is 47.1 Å². The highest BCUT2D eigenvalue weighted by Gasteiger charge is 2.22. The van der Waals surface area contributed by atoms with E-state index in [-0.39, 0.29) is 6.10 Å². The largest absolute Gasteiger partial charge is 0.393 e. The molecule has 0 unspecified atom stereocenters. The molecule has 2 aromatic heterocycles. The van der Waals surface area contributed by atoms with Gasteiger partial charge in [0, 0.05) is 31.2 Å². The predicted molar refractivity (Wildman–Crippen MR) is 137 cm³/mol. The van der Waals surface area contributed by atoms with Crippen molar-refractivity contribution in [3.63, 3.8) is 0 Å². The van der Waals surface area contributed by atoms with Gasteiger partial charge < -0.3 is 20.2 Å². The lowest BCUT2D eigenvalue weighted by Crippen LogP contribution is -2.41. The first kappa shape index (κ1) is 22.6. The van der Waals surface area contributed by atoms with Crippen LogP contribution < -0.4 is 10.2 Å². The quantitative estimate of drug-likeness (QED) is 0.558. The van der Waals surface area contributed by atoms with Crippen molar-refractivity contribution < 1.29 is 5.11 Å². The number of aliphatic hydroxyl groups excluding tert-OH is 1. The fourth-order valence-electron chi connectivity index (χ4n) is 5.13. The van der Waals surface area contributed by atoms with Gasteiger partial charge in [0.1, 0.15) is 11.6 Å². The average Bonchev–Trinajstić information content (AvgIpc) is 3.30. The predicted octanol–water partition coefficient (Wildman–Crippen LogP) is 4.53. The van der Waals surface area contributed by atoms with Crippen LogP contribution in [-0.4, -0.2) is 65.3 Å². The van der Waals surface area contributed by atoms with Crippen molar-refractivity contribution in [2.24, 2.45) is 0 Å². The molecule has 3 aromatic rings. The third kappa shape index (κ3) is 5.31. The van der Waals surface area contributed by atoms with E-state index in [2.05, 4.69) is 64.9 Å². The molecule has 6 nitrogen and oxygen atoms in total. The van der Waals surface area contributed by atoms with Crippen LogP contribution >= 0.6 is 11.3 Å². The van der Waals surface area contributed by atoms with Crippen molar-refractivity contribution in [2.75, 3.05) is 37.4 Å². The highest BCUT2D eigenvalue weighted by molar-refractivity contribution is 7.17. The number of benzene rings is 1. The second-order valence-corrected chi connectivity index (χ2v) is 10.7. The minimum Gasteiger partial charge on any atom is -0.393 e. The lowest BCUT2D eigenvalue weighted by atomic mass is 9.93. The average molecular weight is 466 g/mol. The number of anilines is 2. The third-order valence-corrected chi connectivity index (χ3v) is 8.24. The summed E-state index contributed by atoms with van der Waals surface area (Å²) < 4.78 is 1.12. The summed E-state index contributed by atoms with van der Waals surface area (Å²) in [5.41, 5.74) is 3.53. The van der Waals surface area contributed by atoms with Gasteiger partial charge >= 0.3 is 0 Å². The normalized spacial score (nSPS) is 22.5. The zero-order valence-electron chi connectivity index (χ0n) is 19.7. The summed E-state index contributed by atoms with van der Waals surface area (Å²) in [6, 6.07) is 12.0. The minimum absolute atomic E-state index is 0.146. The molecule has 176 valence electrons. The Hall–Kier alpha value is -2.22. The molecule has 0 bridgehead atoms. The van der Waals surface area contributed by atoms with Gasteiger partial charge in [-0.1, -0.05) is 12.1 Å². The van der Waals surface area contributed by atoms with Crippen LogP contribution in [0.25, 0.3) is 10.2 Å². The van der Waals surface area contributed by atoms with Crippen LogP contribution in [0.2, 0.25) is 0 Å².